The second-order valence-electron chi connectivity index (χ2n) is 6.26. The molecule has 0 fully saturated rings. The van der Waals surface area contributed by atoms with Crippen molar-refractivity contribution in [1.29, 1.82) is 0 Å². The van der Waals surface area contributed by atoms with Crippen molar-refractivity contribution < 1.29 is 17.9 Å². The number of ether oxygens (including phenoxy) is 1. The quantitative estimate of drug-likeness (QED) is 0.759. The third-order valence-corrected chi connectivity index (χ3v) is 5.48. The van der Waals surface area contributed by atoms with Crippen molar-refractivity contribution >= 4 is 33.2 Å². The van der Waals surface area contributed by atoms with Crippen LogP contribution in [0.15, 0.2) is 42.5 Å². The lowest BCUT2D eigenvalue weighted by Gasteiger charge is -2.25. The van der Waals surface area contributed by atoms with Gasteiger partial charge in [-0.3, -0.25) is 9.10 Å². The molecule has 1 unspecified atom stereocenters. The van der Waals surface area contributed by atoms with Gasteiger partial charge in [0, 0.05) is 5.02 Å². The van der Waals surface area contributed by atoms with E-state index in [-0.39, 0.29) is 12.6 Å². The van der Waals surface area contributed by atoms with Gasteiger partial charge in [-0.1, -0.05) is 29.8 Å². The molecule has 1 amide bonds. The zero-order valence-electron chi connectivity index (χ0n) is 15.7. The number of nitrogens with one attached hydrogen (secondary N) is 1. The minimum atomic E-state index is -3.66. The maximum Gasteiger partial charge on any atom is 0.241 e. The Morgan fingerprint density at radius 3 is 2.41 bits per heavy atom. The minimum Gasteiger partial charge on any atom is -0.497 e. The van der Waals surface area contributed by atoms with Crippen LogP contribution in [0.3, 0.4) is 0 Å². The molecule has 1 atom stereocenters. The Bertz CT molecular complexity index is 914. The molecule has 0 bridgehead atoms. The van der Waals surface area contributed by atoms with E-state index >= 15 is 0 Å². The lowest BCUT2D eigenvalue weighted by Crippen LogP contribution is -2.41. The van der Waals surface area contributed by atoms with Gasteiger partial charge in [0.1, 0.15) is 12.3 Å². The van der Waals surface area contributed by atoms with Gasteiger partial charge in [-0.15, -0.1) is 0 Å². The first kappa shape index (κ1) is 21.1. The number of amides is 1. The lowest BCUT2D eigenvalue weighted by molar-refractivity contribution is -0.120. The molecule has 6 nitrogen and oxygen atoms in total. The highest BCUT2D eigenvalue weighted by molar-refractivity contribution is 7.92. The van der Waals surface area contributed by atoms with Crippen LogP contribution in [0.5, 0.6) is 5.75 Å². The van der Waals surface area contributed by atoms with Crippen LogP contribution in [0.1, 0.15) is 24.1 Å². The van der Waals surface area contributed by atoms with Gasteiger partial charge in [-0.2, -0.15) is 0 Å². The molecule has 2 rings (SSSR count). The highest BCUT2D eigenvalue weighted by Gasteiger charge is 2.23. The van der Waals surface area contributed by atoms with Gasteiger partial charge in [0.15, 0.2) is 0 Å². The molecule has 0 aliphatic heterocycles. The van der Waals surface area contributed by atoms with Crippen molar-refractivity contribution in [1.82, 2.24) is 5.32 Å². The number of rotatable bonds is 7. The smallest absolute Gasteiger partial charge is 0.241 e. The number of hydrogen-bond donors (Lipinski definition) is 1. The molecule has 2 aromatic rings. The fourth-order valence-electron chi connectivity index (χ4n) is 2.63. The van der Waals surface area contributed by atoms with E-state index in [1.165, 1.54) is 6.07 Å². The van der Waals surface area contributed by atoms with Gasteiger partial charge >= 0.3 is 0 Å². The Labute approximate surface area is 165 Å². The van der Waals surface area contributed by atoms with Gasteiger partial charge in [-0.25, -0.2) is 8.42 Å². The van der Waals surface area contributed by atoms with E-state index in [0.29, 0.717) is 16.3 Å². The normalized spacial score (nSPS) is 12.3. The topological polar surface area (TPSA) is 75.7 Å². The van der Waals surface area contributed by atoms with Crippen LogP contribution in [-0.2, 0) is 14.8 Å². The molecular formula is C19H23ClN2O4S. The van der Waals surface area contributed by atoms with Gasteiger partial charge < -0.3 is 10.1 Å². The summed E-state index contributed by atoms with van der Waals surface area (Å²) in [5.74, 6) is 0.306. The summed E-state index contributed by atoms with van der Waals surface area (Å²) in [6, 6.07) is 11.9. The van der Waals surface area contributed by atoms with Gasteiger partial charge in [0.2, 0.25) is 15.9 Å². The maximum atomic E-state index is 12.5. The molecule has 0 saturated heterocycles. The number of aryl methyl sites for hydroxylation is 1. The van der Waals surface area contributed by atoms with Crippen LogP contribution in [0.25, 0.3) is 0 Å². The zero-order valence-corrected chi connectivity index (χ0v) is 17.3. The number of methoxy groups -OCH3 is 1. The summed E-state index contributed by atoms with van der Waals surface area (Å²) in [4.78, 5) is 12.5. The first-order chi connectivity index (χ1) is 12.6. The molecule has 0 aliphatic rings. The highest BCUT2D eigenvalue weighted by Crippen LogP contribution is 2.26. The predicted octanol–water partition coefficient (Wildman–Crippen LogP) is 3.30. The Balaban J connectivity index is 2.17. The van der Waals surface area contributed by atoms with E-state index in [4.69, 9.17) is 16.3 Å². The maximum absolute atomic E-state index is 12.5. The van der Waals surface area contributed by atoms with E-state index in [0.717, 1.165) is 21.9 Å². The van der Waals surface area contributed by atoms with Gasteiger partial charge in [-0.05, 0) is 49.2 Å². The molecule has 1 N–H and O–H groups in total. The van der Waals surface area contributed by atoms with E-state index in [1.54, 1.807) is 38.3 Å². The molecule has 27 heavy (non-hydrogen) atoms. The van der Waals surface area contributed by atoms with Crippen LogP contribution in [0.4, 0.5) is 5.69 Å². The number of carbonyl (C=O) groups is 1. The summed E-state index contributed by atoms with van der Waals surface area (Å²) >= 11 is 6.00. The van der Waals surface area contributed by atoms with Crippen LogP contribution in [0.2, 0.25) is 5.02 Å². The van der Waals surface area contributed by atoms with Crippen molar-refractivity contribution in [3.8, 4) is 5.75 Å². The van der Waals surface area contributed by atoms with Gasteiger partial charge in [0.25, 0.3) is 0 Å². The first-order valence-corrected chi connectivity index (χ1v) is 10.5. The predicted molar refractivity (Wildman–Crippen MR) is 108 cm³/mol. The largest absolute Gasteiger partial charge is 0.497 e. The second kappa shape index (κ2) is 8.63. The monoisotopic (exact) mass is 410 g/mol. The number of anilines is 1. The Kier molecular flexibility index (Phi) is 6.73. The summed E-state index contributed by atoms with van der Waals surface area (Å²) < 4.78 is 30.7. The molecule has 0 heterocycles. The number of nitrogens with zero attached hydrogens (tertiary/aromatic N) is 1. The van der Waals surface area contributed by atoms with Crippen molar-refractivity contribution in [3.05, 3.63) is 58.6 Å². The summed E-state index contributed by atoms with van der Waals surface area (Å²) in [5.41, 5.74) is 1.98. The van der Waals surface area contributed by atoms with Crippen LogP contribution in [-0.4, -0.2) is 34.2 Å². The molecule has 0 radical (unpaired) electrons. The number of sulfonamides is 1. The van der Waals surface area contributed by atoms with Crippen molar-refractivity contribution in [2.75, 3.05) is 24.2 Å². The number of hydrogen-bond acceptors (Lipinski definition) is 4. The second-order valence-corrected chi connectivity index (χ2v) is 8.61. The summed E-state index contributed by atoms with van der Waals surface area (Å²) in [6.07, 6.45) is 1.06. The average molecular weight is 411 g/mol. The molecule has 0 spiro atoms. The standard InChI is InChI=1S/C19H23ClN2O4S/c1-13-5-8-16(20)11-18(13)22(27(4,24)25)12-19(23)21-14(2)15-6-9-17(26-3)10-7-15/h5-11,14H,12H2,1-4H3,(H,21,23). The number of halogens is 1. The Morgan fingerprint density at radius 1 is 1.22 bits per heavy atom. The number of benzene rings is 2. The fourth-order valence-corrected chi connectivity index (χ4v) is 3.70. The molecule has 2 aromatic carbocycles. The Morgan fingerprint density at radius 2 is 1.85 bits per heavy atom. The van der Waals surface area contributed by atoms with Crippen LogP contribution < -0.4 is 14.4 Å². The molecule has 146 valence electrons. The molecule has 0 aromatic heterocycles. The number of carbonyl (C=O) groups excluding carboxylic acids is 1. The third-order valence-electron chi connectivity index (χ3n) is 4.12. The van der Waals surface area contributed by atoms with Crippen molar-refractivity contribution in [2.24, 2.45) is 0 Å². The van der Waals surface area contributed by atoms with Crippen LogP contribution >= 0.6 is 11.6 Å². The van der Waals surface area contributed by atoms with E-state index in [1.807, 2.05) is 19.1 Å². The van der Waals surface area contributed by atoms with E-state index in [9.17, 15) is 13.2 Å². The summed E-state index contributed by atoms with van der Waals surface area (Å²) in [6.45, 7) is 3.26. The zero-order chi connectivity index (χ0) is 20.2. The molecule has 0 saturated carbocycles. The van der Waals surface area contributed by atoms with E-state index in [2.05, 4.69) is 5.32 Å². The molecular weight excluding hydrogens is 388 g/mol. The van der Waals surface area contributed by atoms with Crippen LogP contribution in [0, 0.1) is 6.92 Å². The SMILES string of the molecule is COc1ccc(C(C)NC(=O)CN(c2cc(Cl)ccc2C)S(C)(=O)=O)cc1. The summed E-state index contributed by atoms with van der Waals surface area (Å²) in [5, 5.41) is 3.22. The first-order valence-electron chi connectivity index (χ1n) is 8.29. The Hall–Kier alpha value is -2.25. The molecule has 0 aliphatic carbocycles. The van der Waals surface area contributed by atoms with Gasteiger partial charge in [0.05, 0.1) is 25.1 Å². The third kappa shape index (κ3) is 5.61. The minimum absolute atomic E-state index is 0.287. The van der Waals surface area contributed by atoms with Crippen molar-refractivity contribution in [2.45, 2.75) is 19.9 Å². The average Bonchev–Trinajstić information content (AvgIpc) is 2.61. The van der Waals surface area contributed by atoms with E-state index < -0.39 is 15.9 Å². The fraction of sp³-hybridized carbons (Fsp3) is 0.316. The summed E-state index contributed by atoms with van der Waals surface area (Å²) in [7, 11) is -2.08. The molecule has 8 heteroatoms. The van der Waals surface area contributed by atoms with Crippen molar-refractivity contribution in [3.63, 3.8) is 0 Å². The highest BCUT2D eigenvalue weighted by atomic mass is 35.5. The lowest BCUT2D eigenvalue weighted by atomic mass is 10.1.